The van der Waals surface area contributed by atoms with Crippen LogP contribution in [0.15, 0.2) is 48.7 Å². The molecule has 25 heavy (non-hydrogen) atoms. The van der Waals surface area contributed by atoms with E-state index >= 15 is 0 Å². The largest absolute Gasteiger partial charge is 0.484 e. The highest BCUT2D eigenvalue weighted by atomic mass is 35.5. The lowest BCUT2D eigenvalue weighted by Crippen LogP contribution is -2.35. The fourth-order valence-corrected chi connectivity index (χ4v) is 2.38. The summed E-state index contributed by atoms with van der Waals surface area (Å²) in [6.45, 7) is 1.34. The maximum absolute atomic E-state index is 12.0. The van der Waals surface area contributed by atoms with Crippen LogP contribution in [0.2, 0.25) is 0 Å². The van der Waals surface area contributed by atoms with E-state index in [1.54, 1.807) is 41.4 Å². The Morgan fingerprint density at radius 1 is 1.16 bits per heavy atom. The molecule has 0 unspecified atom stereocenters. The summed E-state index contributed by atoms with van der Waals surface area (Å²) in [4.78, 5) is 17.8. The lowest BCUT2D eigenvalue weighted by atomic mass is 10.3. The molecule has 1 aromatic heterocycles. The average Bonchev–Trinajstić information content (AvgIpc) is 3.01. The number of benzene rings is 1. The molecule has 0 spiro atoms. The van der Waals surface area contributed by atoms with E-state index < -0.39 is 0 Å². The molecule has 6 nitrogen and oxygen atoms in total. The van der Waals surface area contributed by atoms with Crippen LogP contribution in [0, 0.1) is 0 Å². The van der Waals surface area contributed by atoms with Gasteiger partial charge in [0.1, 0.15) is 11.5 Å². The van der Waals surface area contributed by atoms with Crippen LogP contribution >= 0.6 is 24.8 Å². The lowest BCUT2D eigenvalue weighted by molar-refractivity contribution is -0.132. The van der Waals surface area contributed by atoms with Crippen molar-refractivity contribution in [3.05, 3.63) is 48.7 Å². The molecule has 2 N–H and O–H groups in total. The number of halogens is 2. The Hall–Kier alpha value is -2.02. The molecule has 1 atom stereocenters. The molecular weight excluding hydrogens is 365 g/mol. The van der Waals surface area contributed by atoms with Crippen molar-refractivity contribution in [3.8, 4) is 17.4 Å². The number of aromatic nitrogens is 1. The zero-order valence-electron chi connectivity index (χ0n) is 13.5. The molecule has 1 aliphatic rings. The molecule has 8 heteroatoms. The number of carbonyl (C=O) groups is 1. The fraction of sp³-hybridized carbons (Fsp3) is 0.294. The molecule has 1 aliphatic heterocycles. The second kappa shape index (κ2) is 10.1. The van der Waals surface area contributed by atoms with E-state index in [0.717, 1.165) is 6.42 Å². The van der Waals surface area contributed by atoms with Crippen LogP contribution in [0.5, 0.6) is 17.4 Å². The standard InChI is InChI=1S/C17H19N3O3.2ClH/c18-13-8-10-20(11-13)17(21)12-22-14-4-6-15(7-5-14)23-16-3-1-2-9-19-16;;/h1-7,9,13H,8,10-12,18H2;2*1H/t13-;;/m1../s1. The van der Waals surface area contributed by atoms with Crippen molar-refractivity contribution in [2.24, 2.45) is 5.73 Å². The van der Waals surface area contributed by atoms with Gasteiger partial charge < -0.3 is 20.1 Å². The van der Waals surface area contributed by atoms with E-state index in [1.807, 2.05) is 12.1 Å². The van der Waals surface area contributed by atoms with Crippen LogP contribution in [0.25, 0.3) is 0 Å². The molecular formula is C17H21Cl2N3O3. The number of likely N-dealkylation sites (tertiary alicyclic amines) is 1. The van der Waals surface area contributed by atoms with E-state index in [4.69, 9.17) is 15.2 Å². The van der Waals surface area contributed by atoms with Crippen LogP contribution in [0.3, 0.4) is 0 Å². The molecule has 1 saturated heterocycles. The number of amides is 1. The summed E-state index contributed by atoms with van der Waals surface area (Å²) in [6.07, 6.45) is 2.52. The Morgan fingerprint density at radius 2 is 1.88 bits per heavy atom. The third-order valence-corrected chi connectivity index (χ3v) is 3.62. The Morgan fingerprint density at radius 3 is 2.48 bits per heavy atom. The topological polar surface area (TPSA) is 77.7 Å². The highest BCUT2D eigenvalue weighted by Gasteiger charge is 2.23. The number of pyridine rings is 1. The zero-order chi connectivity index (χ0) is 16.1. The predicted molar refractivity (Wildman–Crippen MR) is 99.9 cm³/mol. The smallest absolute Gasteiger partial charge is 0.260 e. The Kier molecular flexibility index (Phi) is 8.48. The first-order valence-electron chi connectivity index (χ1n) is 7.56. The van der Waals surface area contributed by atoms with E-state index in [0.29, 0.717) is 30.5 Å². The molecule has 0 aliphatic carbocycles. The van der Waals surface area contributed by atoms with Gasteiger partial charge in [0.2, 0.25) is 5.88 Å². The fourth-order valence-electron chi connectivity index (χ4n) is 2.38. The highest BCUT2D eigenvalue weighted by molar-refractivity contribution is 5.85. The molecule has 0 saturated carbocycles. The van der Waals surface area contributed by atoms with Gasteiger partial charge in [-0.1, -0.05) is 6.07 Å². The number of rotatable bonds is 5. The van der Waals surface area contributed by atoms with Gasteiger partial charge in [-0.3, -0.25) is 4.79 Å². The Bertz CT molecular complexity index is 656. The van der Waals surface area contributed by atoms with Crippen molar-refractivity contribution < 1.29 is 14.3 Å². The minimum absolute atomic E-state index is 0. The average molecular weight is 386 g/mol. The number of ether oxygens (including phenoxy) is 2. The molecule has 136 valence electrons. The summed E-state index contributed by atoms with van der Waals surface area (Å²) >= 11 is 0. The van der Waals surface area contributed by atoms with Gasteiger partial charge in [-0.2, -0.15) is 0 Å². The van der Waals surface area contributed by atoms with Crippen molar-refractivity contribution in [2.75, 3.05) is 19.7 Å². The number of nitrogens with zero attached hydrogens (tertiary/aromatic N) is 2. The number of nitrogens with two attached hydrogens (primary N) is 1. The first-order chi connectivity index (χ1) is 11.2. The lowest BCUT2D eigenvalue weighted by Gasteiger charge is -2.16. The second-order valence-corrected chi connectivity index (χ2v) is 5.42. The molecule has 2 heterocycles. The molecule has 0 bridgehead atoms. The second-order valence-electron chi connectivity index (χ2n) is 5.42. The van der Waals surface area contributed by atoms with Gasteiger partial charge in [0.15, 0.2) is 6.61 Å². The van der Waals surface area contributed by atoms with Gasteiger partial charge >= 0.3 is 0 Å². The highest BCUT2D eigenvalue weighted by Crippen LogP contribution is 2.22. The van der Waals surface area contributed by atoms with Crippen molar-refractivity contribution >= 4 is 30.7 Å². The minimum Gasteiger partial charge on any atom is -0.484 e. The minimum atomic E-state index is -0.0354. The first-order valence-corrected chi connectivity index (χ1v) is 7.56. The Labute approximate surface area is 159 Å². The van der Waals surface area contributed by atoms with Crippen molar-refractivity contribution in [1.82, 2.24) is 9.88 Å². The van der Waals surface area contributed by atoms with Crippen molar-refractivity contribution in [2.45, 2.75) is 12.5 Å². The summed E-state index contributed by atoms with van der Waals surface area (Å²) in [5.41, 5.74) is 5.80. The van der Waals surface area contributed by atoms with Crippen LogP contribution in [-0.4, -0.2) is 41.5 Å². The predicted octanol–water partition coefficient (Wildman–Crippen LogP) is 2.66. The number of hydrogen-bond acceptors (Lipinski definition) is 5. The summed E-state index contributed by atoms with van der Waals surface area (Å²) in [6, 6.07) is 12.6. The van der Waals surface area contributed by atoms with Gasteiger partial charge in [0.05, 0.1) is 0 Å². The number of carbonyl (C=O) groups excluding carboxylic acids is 1. The molecule has 1 aromatic carbocycles. The van der Waals surface area contributed by atoms with E-state index in [-0.39, 0.29) is 43.4 Å². The van der Waals surface area contributed by atoms with Crippen LogP contribution in [-0.2, 0) is 4.79 Å². The SMILES string of the molecule is Cl.Cl.N[C@@H]1CCN(C(=O)COc2ccc(Oc3ccccn3)cc2)C1. The number of hydrogen-bond donors (Lipinski definition) is 1. The van der Waals surface area contributed by atoms with Gasteiger partial charge in [0.25, 0.3) is 5.91 Å². The maximum Gasteiger partial charge on any atom is 0.260 e. The Balaban J connectivity index is 0.00000156. The van der Waals surface area contributed by atoms with E-state index in [1.165, 1.54) is 0 Å². The van der Waals surface area contributed by atoms with Crippen molar-refractivity contribution in [3.63, 3.8) is 0 Å². The zero-order valence-corrected chi connectivity index (χ0v) is 15.2. The summed E-state index contributed by atoms with van der Waals surface area (Å²) in [5.74, 6) is 1.77. The quantitative estimate of drug-likeness (QED) is 0.855. The van der Waals surface area contributed by atoms with Crippen LogP contribution < -0.4 is 15.2 Å². The molecule has 2 aromatic rings. The van der Waals surface area contributed by atoms with Gasteiger partial charge in [-0.05, 0) is 36.8 Å². The molecule has 1 fully saturated rings. The third kappa shape index (κ3) is 6.08. The summed E-state index contributed by atoms with van der Waals surface area (Å²) in [7, 11) is 0. The monoisotopic (exact) mass is 385 g/mol. The van der Waals surface area contributed by atoms with Crippen LogP contribution in [0.4, 0.5) is 0 Å². The maximum atomic E-state index is 12.0. The van der Waals surface area contributed by atoms with Crippen LogP contribution in [0.1, 0.15) is 6.42 Å². The van der Waals surface area contributed by atoms with Gasteiger partial charge in [-0.15, -0.1) is 24.8 Å². The molecule has 3 rings (SSSR count). The van der Waals surface area contributed by atoms with Crippen molar-refractivity contribution in [1.29, 1.82) is 0 Å². The van der Waals surface area contributed by atoms with Gasteiger partial charge in [0, 0.05) is 31.4 Å². The molecule has 0 radical (unpaired) electrons. The van der Waals surface area contributed by atoms with E-state index in [9.17, 15) is 4.79 Å². The molecule has 1 amide bonds. The third-order valence-electron chi connectivity index (χ3n) is 3.62. The van der Waals surface area contributed by atoms with E-state index in [2.05, 4.69) is 4.98 Å². The van der Waals surface area contributed by atoms with Gasteiger partial charge in [-0.25, -0.2) is 4.98 Å². The first kappa shape index (κ1) is 21.0. The summed E-state index contributed by atoms with van der Waals surface area (Å²) < 4.78 is 11.1. The summed E-state index contributed by atoms with van der Waals surface area (Å²) in [5, 5.41) is 0. The normalized spacial score (nSPS) is 15.7.